The molecule has 0 amide bonds. The first-order valence-corrected chi connectivity index (χ1v) is 6.14. The van der Waals surface area contributed by atoms with Crippen LogP contribution in [0.5, 0.6) is 5.88 Å². The molecule has 0 spiro atoms. The van der Waals surface area contributed by atoms with Crippen molar-refractivity contribution in [2.45, 2.75) is 33.0 Å². The van der Waals surface area contributed by atoms with Crippen LogP contribution in [0.2, 0.25) is 0 Å². The molecule has 1 aromatic heterocycles. The Morgan fingerprint density at radius 3 is 2.53 bits per heavy atom. The highest BCUT2D eigenvalue weighted by atomic mass is 19.4. The Kier molecular flexibility index (Phi) is 3.47. The van der Waals surface area contributed by atoms with E-state index in [2.05, 4.69) is 18.8 Å². The average molecular weight is 274 g/mol. The minimum Gasteiger partial charge on any atom is -0.477 e. The summed E-state index contributed by atoms with van der Waals surface area (Å²) >= 11 is 0. The van der Waals surface area contributed by atoms with Gasteiger partial charge in [-0.3, -0.25) is 0 Å². The molecule has 19 heavy (non-hydrogen) atoms. The van der Waals surface area contributed by atoms with E-state index in [-0.39, 0.29) is 17.8 Å². The average Bonchev–Trinajstić information content (AvgIpc) is 2.93. The van der Waals surface area contributed by atoms with Crippen LogP contribution in [-0.2, 0) is 12.7 Å². The molecule has 106 valence electrons. The Bertz CT molecular complexity index is 471. The summed E-state index contributed by atoms with van der Waals surface area (Å²) in [5, 5.41) is 0. The molecule has 1 unspecified atom stereocenters. The second kappa shape index (κ2) is 4.67. The number of hydrogen-bond donors (Lipinski definition) is 1. The second-order valence-corrected chi connectivity index (χ2v) is 5.56. The van der Waals surface area contributed by atoms with Crippen LogP contribution < -0.4 is 10.5 Å². The summed E-state index contributed by atoms with van der Waals surface area (Å²) in [6.45, 7) is 4.69. The molecule has 1 heterocycles. The van der Waals surface area contributed by atoms with Crippen molar-refractivity contribution in [2.24, 2.45) is 17.1 Å². The molecule has 0 aromatic carbocycles. The molecular weight excluding hydrogens is 257 g/mol. The quantitative estimate of drug-likeness (QED) is 0.918. The van der Waals surface area contributed by atoms with E-state index in [0.29, 0.717) is 18.1 Å². The number of pyridine rings is 1. The van der Waals surface area contributed by atoms with E-state index in [1.165, 1.54) is 6.07 Å². The molecule has 6 heteroatoms. The number of halogens is 3. The summed E-state index contributed by atoms with van der Waals surface area (Å²) in [4.78, 5) is 3.54. The standard InChI is InChI=1S/C13H17F3N2O/c1-12(2)5-9(12)7-19-11-8(6-17)3-4-10(18-11)13(14,15)16/h3-4,9H,5-7,17H2,1-2H3. The summed E-state index contributed by atoms with van der Waals surface area (Å²) in [5.41, 5.74) is 5.24. The molecule has 1 aliphatic carbocycles. The largest absolute Gasteiger partial charge is 0.477 e. The van der Waals surface area contributed by atoms with Gasteiger partial charge < -0.3 is 10.5 Å². The van der Waals surface area contributed by atoms with E-state index in [0.717, 1.165) is 12.5 Å². The van der Waals surface area contributed by atoms with Gasteiger partial charge in [-0.1, -0.05) is 19.9 Å². The van der Waals surface area contributed by atoms with Crippen LogP contribution >= 0.6 is 0 Å². The molecule has 1 saturated carbocycles. The number of hydrogen-bond acceptors (Lipinski definition) is 3. The fourth-order valence-electron chi connectivity index (χ4n) is 1.95. The van der Waals surface area contributed by atoms with Crippen molar-refractivity contribution in [3.05, 3.63) is 23.4 Å². The van der Waals surface area contributed by atoms with Gasteiger partial charge in [0.25, 0.3) is 0 Å². The Labute approximate surface area is 110 Å². The number of ether oxygens (including phenoxy) is 1. The van der Waals surface area contributed by atoms with Crippen molar-refractivity contribution in [1.29, 1.82) is 0 Å². The van der Waals surface area contributed by atoms with Gasteiger partial charge in [0.1, 0.15) is 5.69 Å². The van der Waals surface area contributed by atoms with Crippen LogP contribution in [-0.4, -0.2) is 11.6 Å². The molecule has 0 bridgehead atoms. The topological polar surface area (TPSA) is 48.1 Å². The highest BCUT2D eigenvalue weighted by Crippen LogP contribution is 2.51. The maximum Gasteiger partial charge on any atom is 0.433 e. The second-order valence-electron chi connectivity index (χ2n) is 5.56. The molecular formula is C13H17F3N2O. The lowest BCUT2D eigenvalue weighted by molar-refractivity contribution is -0.141. The summed E-state index contributed by atoms with van der Waals surface area (Å²) in [5.74, 6) is 0.370. The third-order valence-electron chi connectivity index (χ3n) is 3.59. The monoisotopic (exact) mass is 274 g/mol. The van der Waals surface area contributed by atoms with Gasteiger partial charge in [-0.2, -0.15) is 13.2 Å². The predicted molar refractivity (Wildman–Crippen MR) is 64.5 cm³/mol. The number of aromatic nitrogens is 1. The van der Waals surface area contributed by atoms with Crippen molar-refractivity contribution in [3.63, 3.8) is 0 Å². The molecule has 2 N–H and O–H groups in total. The maximum atomic E-state index is 12.6. The fourth-order valence-corrected chi connectivity index (χ4v) is 1.95. The van der Waals surface area contributed by atoms with Gasteiger partial charge in [-0.25, -0.2) is 4.98 Å². The Morgan fingerprint density at radius 1 is 1.42 bits per heavy atom. The van der Waals surface area contributed by atoms with Crippen LogP contribution in [0.3, 0.4) is 0 Å². The third kappa shape index (κ3) is 3.18. The lowest BCUT2D eigenvalue weighted by Gasteiger charge is -2.13. The third-order valence-corrected chi connectivity index (χ3v) is 3.59. The number of nitrogens with two attached hydrogens (primary N) is 1. The van der Waals surface area contributed by atoms with Gasteiger partial charge in [0, 0.05) is 12.1 Å². The van der Waals surface area contributed by atoms with Gasteiger partial charge in [0.2, 0.25) is 5.88 Å². The first kappa shape index (κ1) is 14.1. The molecule has 1 atom stereocenters. The number of alkyl halides is 3. The first-order chi connectivity index (χ1) is 8.74. The smallest absolute Gasteiger partial charge is 0.433 e. The minimum atomic E-state index is -4.47. The van der Waals surface area contributed by atoms with E-state index in [9.17, 15) is 13.2 Å². The fraction of sp³-hybridized carbons (Fsp3) is 0.615. The van der Waals surface area contributed by atoms with E-state index in [4.69, 9.17) is 10.5 Å². The Balaban J connectivity index is 2.13. The zero-order chi connectivity index (χ0) is 14.3. The van der Waals surface area contributed by atoms with Crippen LogP contribution in [0.4, 0.5) is 13.2 Å². The lowest BCUT2D eigenvalue weighted by atomic mass is 10.1. The van der Waals surface area contributed by atoms with Gasteiger partial charge >= 0.3 is 6.18 Å². The minimum absolute atomic E-state index is 0.0000231. The normalized spacial score (nSPS) is 21.3. The van der Waals surface area contributed by atoms with Crippen LogP contribution in [0.15, 0.2) is 12.1 Å². The summed E-state index contributed by atoms with van der Waals surface area (Å²) in [6, 6.07) is 2.25. The maximum absolute atomic E-state index is 12.6. The van der Waals surface area contributed by atoms with Crippen molar-refractivity contribution in [1.82, 2.24) is 4.98 Å². The van der Waals surface area contributed by atoms with Crippen molar-refractivity contribution in [3.8, 4) is 5.88 Å². The van der Waals surface area contributed by atoms with Gasteiger partial charge in [0.15, 0.2) is 0 Å². The highest BCUT2D eigenvalue weighted by Gasteiger charge is 2.46. The molecule has 1 aromatic rings. The summed E-state index contributed by atoms with van der Waals surface area (Å²) < 4.78 is 43.2. The first-order valence-electron chi connectivity index (χ1n) is 6.14. The Morgan fingerprint density at radius 2 is 2.05 bits per heavy atom. The molecule has 0 aliphatic heterocycles. The Hall–Kier alpha value is -1.30. The van der Waals surface area contributed by atoms with Crippen molar-refractivity contribution >= 4 is 0 Å². The van der Waals surface area contributed by atoms with Gasteiger partial charge in [-0.05, 0) is 23.8 Å². The molecule has 1 aliphatic rings. The van der Waals surface area contributed by atoms with Gasteiger partial charge in [-0.15, -0.1) is 0 Å². The van der Waals surface area contributed by atoms with Crippen LogP contribution in [0.25, 0.3) is 0 Å². The van der Waals surface area contributed by atoms with E-state index >= 15 is 0 Å². The molecule has 2 rings (SSSR count). The molecule has 0 saturated heterocycles. The zero-order valence-corrected chi connectivity index (χ0v) is 10.9. The molecule has 3 nitrogen and oxygen atoms in total. The summed E-state index contributed by atoms with van der Waals surface area (Å²) in [6.07, 6.45) is -3.45. The number of rotatable bonds is 4. The zero-order valence-electron chi connectivity index (χ0n) is 10.9. The van der Waals surface area contributed by atoms with E-state index in [1.807, 2.05) is 0 Å². The van der Waals surface area contributed by atoms with Crippen LogP contribution in [0.1, 0.15) is 31.5 Å². The highest BCUT2D eigenvalue weighted by molar-refractivity contribution is 5.29. The van der Waals surface area contributed by atoms with E-state index in [1.54, 1.807) is 0 Å². The molecule has 0 radical (unpaired) electrons. The van der Waals surface area contributed by atoms with Crippen molar-refractivity contribution < 1.29 is 17.9 Å². The number of nitrogens with zero attached hydrogens (tertiary/aromatic N) is 1. The predicted octanol–water partition coefficient (Wildman–Crippen LogP) is 2.98. The van der Waals surface area contributed by atoms with Gasteiger partial charge in [0.05, 0.1) is 6.61 Å². The van der Waals surface area contributed by atoms with Crippen LogP contribution in [0, 0.1) is 11.3 Å². The SMILES string of the molecule is CC1(C)CC1COc1nc(C(F)(F)F)ccc1CN. The summed E-state index contributed by atoms with van der Waals surface area (Å²) in [7, 11) is 0. The van der Waals surface area contributed by atoms with Crippen molar-refractivity contribution in [2.75, 3.05) is 6.61 Å². The van der Waals surface area contributed by atoms with E-state index < -0.39 is 11.9 Å². The lowest BCUT2D eigenvalue weighted by Crippen LogP contribution is -2.13. The molecule has 1 fully saturated rings.